The second-order valence-corrected chi connectivity index (χ2v) is 5.33. The lowest BCUT2D eigenvalue weighted by Gasteiger charge is -2.08. The number of benzene rings is 1. The molecule has 0 saturated carbocycles. The van der Waals surface area contributed by atoms with Gasteiger partial charge < -0.3 is 4.74 Å². The van der Waals surface area contributed by atoms with Crippen molar-refractivity contribution in [3.8, 4) is 0 Å². The van der Waals surface area contributed by atoms with E-state index in [1.165, 1.54) is 0 Å². The Kier molecular flexibility index (Phi) is 4.19. The van der Waals surface area contributed by atoms with Crippen molar-refractivity contribution in [2.75, 3.05) is 5.32 Å². The van der Waals surface area contributed by atoms with Crippen molar-refractivity contribution in [1.29, 1.82) is 0 Å². The highest BCUT2D eigenvalue weighted by molar-refractivity contribution is 5.90. The van der Waals surface area contributed by atoms with Crippen LogP contribution < -0.4 is 5.32 Å². The number of rotatable bonds is 3. The molecule has 0 bridgehead atoms. The summed E-state index contributed by atoms with van der Waals surface area (Å²) in [6.07, 6.45) is 1.19. The standard InChI is InChI=1S/C18H17N3O2/c1-12-8-15-9-17(19-10-16(15)13(2)20-12)21-18(22)23-11-14-6-4-3-5-7-14/h3-10H,11H2,1-2H3,(H,19,21,22). The molecule has 0 atom stereocenters. The van der Waals surface area contributed by atoms with Gasteiger partial charge in [0.25, 0.3) is 0 Å². The van der Waals surface area contributed by atoms with Crippen LogP contribution in [0.25, 0.3) is 10.8 Å². The number of aromatic nitrogens is 2. The first-order valence-electron chi connectivity index (χ1n) is 7.33. The van der Waals surface area contributed by atoms with E-state index in [2.05, 4.69) is 15.3 Å². The lowest BCUT2D eigenvalue weighted by Crippen LogP contribution is -2.14. The van der Waals surface area contributed by atoms with Gasteiger partial charge in [-0.15, -0.1) is 0 Å². The summed E-state index contributed by atoms with van der Waals surface area (Å²) in [4.78, 5) is 20.5. The number of ether oxygens (including phenoxy) is 1. The molecule has 2 aromatic heterocycles. The fraction of sp³-hybridized carbons (Fsp3) is 0.167. The molecule has 116 valence electrons. The van der Waals surface area contributed by atoms with Crippen LogP contribution in [0, 0.1) is 13.8 Å². The van der Waals surface area contributed by atoms with Crippen molar-refractivity contribution < 1.29 is 9.53 Å². The Balaban J connectivity index is 1.70. The predicted octanol–water partition coefficient (Wildman–Crippen LogP) is 4.00. The number of amides is 1. The molecule has 3 aromatic rings. The van der Waals surface area contributed by atoms with Crippen LogP contribution in [0.2, 0.25) is 0 Å². The Morgan fingerprint density at radius 1 is 1.17 bits per heavy atom. The smallest absolute Gasteiger partial charge is 0.413 e. The van der Waals surface area contributed by atoms with Crippen LogP contribution >= 0.6 is 0 Å². The zero-order valence-electron chi connectivity index (χ0n) is 13.0. The quantitative estimate of drug-likeness (QED) is 0.794. The molecule has 0 saturated heterocycles. The summed E-state index contributed by atoms with van der Waals surface area (Å²) in [7, 11) is 0. The number of pyridine rings is 2. The minimum Gasteiger partial charge on any atom is -0.444 e. The van der Waals surface area contributed by atoms with Gasteiger partial charge in [0.15, 0.2) is 0 Å². The molecular formula is C18H17N3O2. The van der Waals surface area contributed by atoms with Gasteiger partial charge in [-0.3, -0.25) is 10.3 Å². The van der Waals surface area contributed by atoms with Crippen LogP contribution in [0.1, 0.15) is 17.0 Å². The Bertz CT molecular complexity index is 848. The van der Waals surface area contributed by atoms with E-state index >= 15 is 0 Å². The number of fused-ring (bicyclic) bond motifs is 1. The molecule has 1 N–H and O–H groups in total. The van der Waals surface area contributed by atoms with Gasteiger partial charge in [0.2, 0.25) is 0 Å². The van der Waals surface area contributed by atoms with Crippen molar-refractivity contribution in [2.24, 2.45) is 0 Å². The van der Waals surface area contributed by atoms with E-state index in [0.717, 1.165) is 27.7 Å². The van der Waals surface area contributed by atoms with Gasteiger partial charge in [-0.1, -0.05) is 30.3 Å². The second-order valence-electron chi connectivity index (χ2n) is 5.33. The highest BCUT2D eigenvalue weighted by Gasteiger charge is 2.07. The van der Waals surface area contributed by atoms with Crippen LogP contribution in [0.4, 0.5) is 10.6 Å². The maximum atomic E-state index is 11.9. The summed E-state index contributed by atoms with van der Waals surface area (Å²) >= 11 is 0. The van der Waals surface area contributed by atoms with Crippen LogP contribution in [0.15, 0.2) is 48.7 Å². The van der Waals surface area contributed by atoms with Crippen molar-refractivity contribution in [1.82, 2.24) is 9.97 Å². The lowest BCUT2D eigenvalue weighted by atomic mass is 10.1. The summed E-state index contributed by atoms with van der Waals surface area (Å²) in [6.45, 7) is 4.11. The number of hydrogen-bond acceptors (Lipinski definition) is 4. The van der Waals surface area contributed by atoms with Crippen molar-refractivity contribution in [3.63, 3.8) is 0 Å². The molecule has 5 heteroatoms. The minimum atomic E-state index is -0.525. The largest absolute Gasteiger partial charge is 0.444 e. The van der Waals surface area contributed by atoms with Crippen LogP contribution in [0.3, 0.4) is 0 Å². The SMILES string of the molecule is Cc1cc2cc(NC(=O)OCc3ccccc3)ncc2c(C)n1. The van der Waals surface area contributed by atoms with Crippen LogP contribution in [0.5, 0.6) is 0 Å². The van der Waals surface area contributed by atoms with E-state index in [-0.39, 0.29) is 6.61 Å². The van der Waals surface area contributed by atoms with Crippen LogP contribution in [-0.4, -0.2) is 16.1 Å². The highest BCUT2D eigenvalue weighted by atomic mass is 16.5. The third kappa shape index (κ3) is 3.63. The summed E-state index contributed by atoms with van der Waals surface area (Å²) < 4.78 is 5.19. The molecule has 0 radical (unpaired) electrons. The van der Waals surface area contributed by atoms with Crippen LogP contribution in [-0.2, 0) is 11.3 Å². The Morgan fingerprint density at radius 2 is 1.96 bits per heavy atom. The van der Waals surface area contributed by atoms with Gasteiger partial charge in [-0.25, -0.2) is 9.78 Å². The molecule has 0 unspecified atom stereocenters. The number of anilines is 1. The molecule has 1 amide bonds. The molecule has 23 heavy (non-hydrogen) atoms. The average molecular weight is 307 g/mol. The normalized spacial score (nSPS) is 10.5. The fourth-order valence-corrected chi connectivity index (χ4v) is 2.41. The maximum Gasteiger partial charge on any atom is 0.413 e. The first kappa shape index (κ1) is 15.0. The van der Waals surface area contributed by atoms with Gasteiger partial charge in [-0.2, -0.15) is 0 Å². The minimum absolute atomic E-state index is 0.225. The highest BCUT2D eigenvalue weighted by Crippen LogP contribution is 2.20. The Morgan fingerprint density at radius 3 is 2.74 bits per heavy atom. The molecule has 2 heterocycles. The summed E-state index contributed by atoms with van der Waals surface area (Å²) in [6, 6.07) is 13.3. The number of carbonyl (C=O) groups excluding carboxylic acids is 1. The summed E-state index contributed by atoms with van der Waals surface area (Å²) in [5.74, 6) is 0.459. The number of nitrogens with zero attached hydrogens (tertiary/aromatic N) is 2. The Hall–Kier alpha value is -2.95. The van der Waals surface area contributed by atoms with Crippen molar-refractivity contribution in [2.45, 2.75) is 20.5 Å². The van der Waals surface area contributed by atoms with Gasteiger partial charge in [-0.05, 0) is 36.9 Å². The Labute approximate surface area is 134 Å². The first-order valence-corrected chi connectivity index (χ1v) is 7.33. The zero-order chi connectivity index (χ0) is 16.2. The van der Waals surface area contributed by atoms with Crippen molar-refractivity contribution >= 4 is 22.7 Å². The van der Waals surface area contributed by atoms with E-state index in [4.69, 9.17) is 4.74 Å². The molecule has 3 rings (SSSR count). The first-order chi connectivity index (χ1) is 11.1. The predicted molar refractivity (Wildman–Crippen MR) is 89.3 cm³/mol. The average Bonchev–Trinajstić information content (AvgIpc) is 2.53. The van der Waals surface area contributed by atoms with E-state index in [9.17, 15) is 4.79 Å². The zero-order valence-corrected chi connectivity index (χ0v) is 13.0. The fourth-order valence-electron chi connectivity index (χ4n) is 2.41. The lowest BCUT2D eigenvalue weighted by molar-refractivity contribution is 0.155. The van der Waals surface area contributed by atoms with E-state index in [1.807, 2.05) is 56.3 Å². The topological polar surface area (TPSA) is 64.1 Å². The number of hydrogen-bond donors (Lipinski definition) is 1. The summed E-state index contributed by atoms with van der Waals surface area (Å²) in [5, 5.41) is 4.61. The molecule has 0 aliphatic heterocycles. The van der Waals surface area contributed by atoms with Gasteiger partial charge in [0.1, 0.15) is 12.4 Å². The molecular weight excluding hydrogens is 290 g/mol. The number of carbonyl (C=O) groups is 1. The maximum absolute atomic E-state index is 11.9. The van der Waals surface area contributed by atoms with Crippen molar-refractivity contribution in [3.05, 3.63) is 65.6 Å². The molecule has 0 fully saturated rings. The number of nitrogens with one attached hydrogen (secondary N) is 1. The van der Waals surface area contributed by atoms with E-state index in [0.29, 0.717) is 5.82 Å². The molecule has 0 aliphatic rings. The number of aryl methyl sites for hydroxylation is 2. The van der Waals surface area contributed by atoms with E-state index in [1.54, 1.807) is 6.20 Å². The molecule has 5 nitrogen and oxygen atoms in total. The van der Waals surface area contributed by atoms with Gasteiger partial charge in [0, 0.05) is 23.0 Å². The third-order valence-electron chi connectivity index (χ3n) is 3.48. The van der Waals surface area contributed by atoms with Gasteiger partial charge in [0.05, 0.1) is 0 Å². The third-order valence-corrected chi connectivity index (χ3v) is 3.48. The monoisotopic (exact) mass is 307 g/mol. The molecule has 0 aliphatic carbocycles. The second kappa shape index (κ2) is 6.44. The van der Waals surface area contributed by atoms with Gasteiger partial charge >= 0.3 is 6.09 Å². The van der Waals surface area contributed by atoms with E-state index < -0.39 is 6.09 Å². The molecule has 1 aromatic carbocycles. The summed E-state index contributed by atoms with van der Waals surface area (Å²) in [5.41, 5.74) is 2.79. The molecule has 0 spiro atoms.